The van der Waals surface area contributed by atoms with Gasteiger partial charge in [-0.3, -0.25) is 4.98 Å². The topological polar surface area (TPSA) is 43.6 Å². The van der Waals surface area contributed by atoms with Gasteiger partial charge < -0.3 is 4.57 Å². The molecule has 0 saturated heterocycles. The smallest absolute Gasteiger partial charge is 0.146 e. The first kappa shape index (κ1) is 11.6. The van der Waals surface area contributed by atoms with Crippen LogP contribution in [0.25, 0.3) is 22.4 Å². The van der Waals surface area contributed by atoms with Gasteiger partial charge in [-0.1, -0.05) is 17.7 Å². The zero-order valence-corrected chi connectivity index (χ0v) is 11.8. The van der Waals surface area contributed by atoms with E-state index >= 15 is 0 Å². The maximum absolute atomic E-state index is 6.21. The Morgan fingerprint density at radius 3 is 2.78 bits per heavy atom. The summed E-state index contributed by atoms with van der Waals surface area (Å²) in [6.07, 6.45) is 3.26. The Kier molecular flexibility index (Phi) is 2.80. The zero-order chi connectivity index (χ0) is 12.7. The monoisotopic (exact) mass is 322 g/mol. The molecule has 0 unspecified atom stereocenters. The fourth-order valence-electron chi connectivity index (χ4n) is 1.87. The van der Waals surface area contributed by atoms with Crippen LogP contribution in [0.4, 0.5) is 0 Å². The summed E-state index contributed by atoms with van der Waals surface area (Å²) in [5, 5.41) is 1.48. The van der Waals surface area contributed by atoms with Gasteiger partial charge in [0.1, 0.15) is 22.8 Å². The van der Waals surface area contributed by atoms with Gasteiger partial charge >= 0.3 is 0 Å². The SMILES string of the molecule is Cn1c(Cl)c(Br)c2c(-c3ccccn3)ncnc21. The van der Waals surface area contributed by atoms with Gasteiger partial charge in [0.2, 0.25) is 0 Å². The molecule has 0 radical (unpaired) electrons. The third-order valence-electron chi connectivity index (χ3n) is 2.75. The van der Waals surface area contributed by atoms with Crippen LogP contribution in [0.1, 0.15) is 0 Å². The lowest BCUT2D eigenvalue weighted by Crippen LogP contribution is -1.93. The Hall–Kier alpha value is -1.46. The summed E-state index contributed by atoms with van der Waals surface area (Å²) >= 11 is 9.70. The molecule has 0 amide bonds. The van der Waals surface area contributed by atoms with Crippen LogP contribution in [0.2, 0.25) is 5.15 Å². The normalized spacial score (nSPS) is 11.1. The van der Waals surface area contributed by atoms with Crippen LogP contribution in [0, 0.1) is 0 Å². The summed E-state index contributed by atoms with van der Waals surface area (Å²) in [6, 6.07) is 5.71. The van der Waals surface area contributed by atoms with Gasteiger partial charge in [0.15, 0.2) is 0 Å². The molecule has 90 valence electrons. The number of hydrogen-bond acceptors (Lipinski definition) is 3. The van der Waals surface area contributed by atoms with Gasteiger partial charge in [0.05, 0.1) is 15.6 Å². The molecule has 0 N–H and O–H groups in total. The first-order valence-electron chi connectivity index (χ1n) is 5.26. The number of aromatic nitrogens is 4. The van der Waals surface area contributed by atoms with E-state index in [0.29, 0.717) is 5.15 Å². The van der Waals surface area contributed by atoms with E-state index in [1.165, 1.54) is 6.33 Å². The predicted octanol–water partition coefficient (Wildman–Crippen LogP) is 3.45. The molecule has 3 heterocycles. The highest BCUT2D eigenvalue weighted by atomic mass is 79.9. The van der Waals surface area contributed by atoms with Crippen molar-refractivity contribution in [3.63, 3.8) is 0 Å². The van der Waals surface area contributed by atoms with E-state index in [2.05, 4.69) is 30.9 Å². The molecule has 3 aromatic heterocycles. The van der Waals surface area contributed by atoms with Crippen molar-refractivity contribution < 1.29 is 0 Å². The number of pyridine rings is 1. The molecule has 18 heavy (non-hydrogen) atoms. The van der Waals surface area contributed by atoms with Gasteiger partial charge in [-0.05, 0) is 28.1 Å². The van der Waals surface area contributed by atoms with Crippen LogP contribution in [0.15, 0.2) is 35.2 Å². The predicted molar refractivity (Wildman–Crippen MR) is 74.5 cm³/mol. The van der Waals surface area contributed by atoms with Crippen LogP contribution in [0.5, 0.6) is 0 Å². The number of aryl methyl sites for hydroxylation is 1. The third-order valence-corrected chi connectivity index (χ3v) is 4.19. The van der Waals surface area contributed by atoms with E-state index in [-0.39, 0.29) is 0 Å². The molecule has 0 spiro atoms. The molecule has 0 atom stereocenters. The van der Waals surface area contributed by atoms with Crippen LogP contribution < -0.4 is 0 Å². The number of rotatable bonds is 1. The van der Waals surface area contributed by atoms with E-state index in [4.69, 9.17) is 11.6 Å². The minimum absolute atomic E-state index is 0.600. The average Bonchev–Trinajstić information content (AvgIpc) is 2.65. The van der Waals surface area contributed by atoms with Crippen LogP contribution in [0.3, 0.4) is 0 Å². The Labute approximate surface area is 117 Å². The molecule has 0 aliphatic rings. The van der Waals surface area contributed by atoms with Gasteiger partial charge in [-0.2, -0.15) is 0 Å². The van der Waals surface area contributed by atoms with E-state index in [0.717, 1.165) is 26.9 Å². The lowest BCUT2D eigenvalue weighted by molar-refractivity contribution is 0.942. The molecule has 3 rings (SSSR count). The Morgan fingerprint density at radius 2 is 2.06 bits per heavy atom. The van der Waals surface area contributed by atoms with Crippen molar-refractivity contribution in [3.05, 3.63) is 40.3 Å². The van der Waals surface area contributed by atoms with Gasteiger partial charge in [0, 0.05) is 13.2 Å². The summed E-state index contributed by atoms with van der Waals surface area (Å²) in [4.78, 5) is 12.9. The van der Waals surface area contributed by atoms with Crippen molar-refractivity contribution in [1.82, 2.24) is 19.5 Å². The second-order valence-electron chi connectivity index (χ2n) is 3.80. The molecule has 4 nitrogen and oxygen atoms in total. The fraction of sp³-hybridized carbons (Fsp3) is 0.0833. The zero-order valence-electron chi connectivity index (χ0n) is 9.43. The second-order valence-corrected chi connectivity index (χ2v) is 4.95. The highest BCUT2D eigenvalue weighted by molar-refractivity contribution is 9.10. The third kappa shape index (κ3) is 1.62. The number of halogens is 2. The van der Waals surface area contributed by atoms with Crippen molar-refractivity contribution in [2.75, 3.05) is 0 Å². The van der Waals surface area contributed by atoms with E-state index < -0.39 is 0 Å². The molecule has 0 aromatic carbocycles. The number of hydrogen-bond donors (Lipinski definition) is 0. The number of fused-ring (bicyclic) bond motifs is 1. The maximum atomic E-state index is 6.21. The molecular weight excluding hydrogens is 316 g/mol. The van der Waals surface area contributed by atoms with E-state index in [9.17, 15) is 0 Å². The summed E-state index contributed by atoms with van der Waals surface area (Å²) in [5.41, 5.74) is 2.35. The van der Waals surface area contributed by atoms with Gasteiger partial charge in [-0.15, -0.1) is 0 Å². The van der Waals surface area contributed by atoms with Gasteiger partial charge in [0.25, 0.3) is 0 Å². The molecule has 0 saturated carbocycles. The molecule has 0 fully saturated rings. The summed E-state index contributed by atoms with van der Waals surface area (Å²) in [7, 11) is 1.87. The Bertz CT molecular complexity index is 724. The highest BCUT2D eigenvalue weighted by Gasteiger charge is 2.18. The second kappa shape index (κ2) is 4.33. The lowest BCUT2D eigenvalue weighted by atomic mass is 10.2. The quantitative estimate of drug-likeness (QED) is 0.689. The van der Waals surface area contributed by atoms with Crippen LogP contribution in [-0.2, 0) is 7.05 Å². The number of nitrogens with zero attached hydrogens (tertiary/aromatic N) is 4. The van der Waals surface area contributed by atoms with Crippen molar-refractivity contribution in [1.29, 1.82) is 0 Å². The lowest BCUT2D eigenvalue weighted by Gasteiger charge is -2.01. The maximum Gasteiger partial charge on any atom is 0.146 e. The molecule has 0 aliphatic heterocycles. The van der Waals surface area contributed by atoms with Crippen molar-refractivity contribution >= 4 is 38.6 Å². The first-order chi connectivity index (χ1) is 8.70. The Balaban J connectivity index is 2.41. The molecule has 0 aliphatic carbocycles. The molecule has 0 bridgehead atoms. The fourth-order valence-corrected chi connectivity index (χ4v) is 2.68. The standard InChI is InChI=1S/C12H8BrClN4/c1-18-11(14)9(13)8-10(16-6-17-12(8)18)7-4-2-3-5-15-7/h2-6H,1H3. The van der Waals surface area contributed by atoms with E-state index in [1.54, 1.807) is 6.20 Å². The summed E-state index contributed by atoms with van der Waals surface area (Å²) in [6.45, 7) is 0. The minimum atomic E-state index is 0.600. The summed E-state index contributed by atoms with van der Waals surface area (Å²) < 4.78 is 2.61. The van der Waals surface area contributed by atoms with Crippen molar-refractivity contribution in [2.45, 2.75) is 0 Å². The average molecular weight is 324 g/mol. The minimum Gasteiger partial charge on any atom is -0.318 e. The first-order valence-corrected chi connectivity index (χ1v) is 6.43. The van der Waals surface area contributed by atoms with E-state index in [1.807, 2.05) is 29.8 Å². The van der Waals surface area contributed by atoms with Crippen molar-refractivity contribution in [2.24, 2.45) is 7.05 Å². The van der Waals surface area contributed by atoms with Crippen LogP contribution in [-0.4, -0.2) is 19.5 Å². The molecule has 3 aromatic rings. The highest BCUT2D eigenvalue weighted by Crippen LogP contribution is 2.37. The van der Waals surface area contributed by atoms with Crippen LogP contribution >= 0.6 is 27.5 Å². The largest absolute Gasteiger partial charge is 0.318 e. The Morgan fingerprint density at radius 1 is 1.22 bits per heavy atom. The van der Waals surface area contributed by atoms with Gasteiger partial charge in [-0.25, -0.2) is 9.97 Å². The molecular formula is C12H8BrClN4. The molecule has 6 heteroatoms. The summed E-state index contributed by atoms with van der Waals surface area (Å²) in [5.74, 6) is 0. The van der Waals surface area contributed by atoms with Crippen molar-refractivity contribution in [3.8, 4) is 11.4 Å².